The van der Waals surface area contributed by atoms with Crippen LogP contribution in [0.25, 0.3) is 0 Å². The van der Waals surface area contributed by atoms with Gasteiger partial charge in [-0.2, -0.15) is 0 Å². The third-order valence-corrected chi connectivity index (χ3v) is 6.52. The summed E-state index contributed by atoms with van der Waals surface area (Å²) in [5, 5.41) is 3.06. The van der Waals surface area contributed by atoms with E-state index >= 15 is 0 Å². The molecule has 2 N–H and O–H groups in total. The van der Waals surface area contributed by atoms with Crippen molar-refractivity contribution in [3.63, 3.8) is 0 Å². The average molecular weight is 316 g/mol. The Kier molecular flexibility index (Phi) is 5.23. The smallest absolute Gasteiger partial charge is 0.241 e. The van der Waals surface area contributed by atoms with Crippen LogP contribution in [-0.4, -0.2) is 21.5 Å². The van der Waals surface area contributed by atoms with E-state index in [1.807, 2.05) is 20.9 Å². The van der Waals surface area contributed by atoms with E-state index < -0.39 is 10.0 Å². The van der Waals surface area contributed by atoms with Crippen LogP contribution in [0.15, 0.2) is 11.0 Å². The van der Waals surface area contributed by atoms with Gasteiger partial charge >= 0.3 is 0 Å². The highest BCUT2D eigenvalue weighted by Gasteiger charge is 2.28. The minimum Gasteiger partial charge on any atom is -0.315 e. The highest BCUT2D eigenvalue weighted by molar-refractivity contribution is 7.89. The van der Waals surface area contributed by atoms with Gasteiger partial charge < -0.3 is 5.32 Å². The van der Waals surface area contributed by atoms with Gasteiger partial charge in [0.2, 0.25) is 10.0 Å². The van der Waals surface area contributed by atoms with Crippen LogP contribution in [0, 0.1) is 12.8 Å². The molecule has 20 heavy (non-hydrogen) atoms. The largest absolute Gasteiger partial charge is 0.315 e. The Morgan fingerprint density at radius 2 is 2.15 bits per heavy atom. The van der Waals surface area contributed by atoms with Crippen LogP contribution in [0.4, 0.5) is 0 Å². The Morgan fingerprint density at radius 3 is 2.70 bits per heavy atom. The summed E-state index contributed by atoms with van der Waals surface area (Å²) in [5.41, 5.74) is 0. The predicted octanol–water partition coefficient (Wildman–Crippen LogP) is 2.63. The molecule has 1 atom stereocenters. The zero-order valence-electron chi connectivity index (χ0n) is 12.4. The number of aryl methyl sites for hydroxylation is 1. The van der Waals surface area contributed by atoms with Crippen molar-refractivity contribution in [2.45, 2.75) is 57.0 Å². The lowest BCUT2D eigenvalue weighted by molar-refractivity contribution is 0.495. The lowest BCUT2D eigenvalue weighted by atomic mass is 10.1. The molecular weight excluding hydrogens is 292 g/mol. The first-order valence-electron chi connectivity index (χ1n) is 7.22. The second-order valence-electron chi connectivity index (χ2n) is 5.57. The molecule has 114 valence electrons. The lowest BCUT2D eigenvalue weighted by Crippen LogP contribution is -2.34. The van der Waals surface area contributed by atoms with Crippen molar-refractivity contribution in [3.8, 4) is 0 Å². The van der Waals surface area contributed by atoms with Crippen molar-refractivity contribution in [2.24, 2.45) is 5.92 Å². The molecule has 0 aliphatic heterocycles. The Balaban J connectivity index is 2.11. The molecule has 1 aliphatic carbocycles. The zero-order chi connectivity index (χ0) is 14.8. The molecule has 1 fully saturated rings. The van der Waals surface area contributed by atoms with Gasteiger partial charge in [-0.05, 0) is 38.8 Å². The maximum absolute atomic E-state index is 12.5. The minimum atomic E-state index is -3.38. The van der Waals surface area contributed by atoms with Gasteiger partial charge in [-0.3, -0.25) is 0 Å². The van der Waals surface area contributed by atoms with Crippen LogP contribution in [0.1, 0.15) is 42.4 Å². The van der Waals surface area contributed by atoms with E-state index in [2.05, 4.69) is 10.0 Å². The molecule has 1 saturated carbocycles. The van der Waals surface area contributed by atoms with Gasteiger partial charge in [0.05, 0.1) is 4.90 Å². The van der Waals surface area contributed by atoms with Gasteiger partial charge in [-0.1, -0.05) is 19.8 Å². The molecule has 1 aliphatic rings. The SMILES string of the molecule is CCC(CC1CC1)NS(=O)(=O)c1cc(CNC)sc1C. The van der Waals surface area contributed by atoms with Crippen molar-refractivity contribution in [2.75, 3.05) is 7.05 Å². The van der Waals surface area contributed by atoms with Gasteiger partial charge in [0.15, 0.2) is 0 Å². The molecule has 4 nitrogen and oxygen atoms in total. The van der Waals surface area contributed by atoms with Crippen molar-refractivity contribution >= 4 is 21.4 Å². The van der Waals surface area contributed by atoms with Crippen LogP contribution < -0.4 is 10.0 Å². The quantitative estimate of drug-likeness (QED) is 0.775. The molecule has 6 heteroatoms. The van der Waals surface area contributed by atoms with E-state index in [0.717, 1.165) is 28.5 Å². The number of thiophene rings is 1. The fourth-order valence-corrected chi connectivity index (χ4v) is 5.37. The number of sulfonamides is 1. The molecule has 1 heterocycles. The van der Waals surface area contributed by atoms with Crippen LogP contribution in [0.2, 0.25) is 0 Å². The topological polar surface area (TPSA) is 58.2 Å². The monoisotopic (exact) mass is 316 g/mol. The first-order chi connectivity index (χ1) is 9.46. The Morgan fingerprint density at radius 1 is 1.45 bits per heavy atom. The summed E-state index contributed by atoms with van der Waals surface area (Å²) in [6, 6.07) is 1.86. The fourth-order valence-electron chi connectivity index (χ4n) is 2.39. The Bertz CT molecular complexity index is 548. The van der Waals surface area contributed by atoms with Crippen LogP contribution in [0.3, 0.4) is 0 Å². The Hall–Kier alpha value is -0.430. The van der Waals surface area contributed by atoms with Gasteiger partial charge in [-0.15, -0.1) is 11.3 Å². The summed E-state index contributed by atoms with van der Waals surface area (Å²) >= 11 is 1.55. The summed E-state index contributed by atoms with van der Waals surface area (Å²) in [4.78, 5) is 2.37. The second kappa shape index (κ2) is 6.56. The molecule has 0 spiro atoms. The maximum atomic E-state index is 12.5. The molecular formula is C14H24N2O2S2. The van der Waals surface area contributed by atoms with E-state index in [4.69, 9.17) is 0 Å². The third kappa shape index (κ3) is 4.04. The highest BCUT2D eigenvalue weighted by Crippen LogP contribution is 2.34. The fraction of sp³-hybridized carbons (Fsp3) is 0.714. The Labute approximate surface area is 126 Å². The minimum absolute atomic E-state index is 0.0690. The van der Waals surface area contributed by atoms with Crippen molar-refractivity contribution in [1.82, 2.24) is 10.0 Å². The van der Waals surface area contributed by atoms with Crippen LogP contribution in [-0.2, 0) is 16.6 Å². The molecule has 0 bridgehead atoms. The standard InChI is InChI=1S/C14H24N2O2S2/c1-4-12(7-11-5-6-11)16-20(17,18)14-8-13(9-15-3)19-10(14)2/h8,11-12,15-16H,4-7,9H2,1-3H3. The zero-order valence-corrected chi connectivity index (χ0v) is 14.0. The van der Waals surface area contributed by atoms with E-state index in [1.165, 1.54) is 12.8 Å². The van der Waals surface area contributed by atoms with Crippen molar-refractivity contribution in [1.29, 1.82) is 0 Å². The lowest BCUT2D eigenvalue weighted by Gasteiger charge is -2.16. The van der Waals surface area contributed by atoms with Gasteiger partial charge in [0.25, 0.3) is 0 Å². The summed E-state index contributed by atoms with van der Waals surface area (Å²) in [7, 11) is -1.52. The molecule has 1 unspecified atom stereocenters. The molecule has 0 aromatic carbocycles. The first kappa shape index (κ1) is 15.9. The van der Waals surface area contributed by atoms with Gasteiger partial charge in [0.1, 0.15) is 0 Å². The maximum Gasteiger partial charge on any atom is 0.241 e. The predicted molar refractivity (Wildman–Crippen MR) is 83.6 cm³/mol. The molecule has 0 amide bonds. The number of nitrogens with one attached hydrogen (secondary N) is 2. The van der Waals surface area contributed by atoms with E-state index in [9.17, 15) is 8.42 Å². The van der Waals surface area contributed by atoms with Crippen molar-refractivity contribution < 1.29 is 8.42 Å². The number of hydrogen-bond acceptors (Lipinski definition) is 4. The van der Waals surface area contributed by atoms with Gasteiger partial charge in [0, 0.05) is 22.3 Å². The summed E-state index contributed by atoms with van der Waals surface area (Å²) < 4.78 is 27.9. The summed E-state index contributed by atoms with van der Waals surface area (Å²) in [6.07, 6.45) is 4.33. The number of rotatable bonds is 8. The van der Waals surface area contributed by atoms with Crippen molar-refractivity contribution in [3.05, 3.63) is 15.8 Å². The molecule has 1 aromatic rings. The molecule has 0 radical (unpaired) electrons. The van der Waals surface area contributed by atoms with Crippen LogP contribution in [0.5, 0.6) is 0 Å². The van der Waals surface area contributed by atoms with Crippen LogP contribution >= 0.6 is 11.3 Å². The highest BCUT2D eigenvalue weighted by atomic mass is 32.2. The molecule has 0 saturated heterocycles. The van der Waals surface area contributed by atoms with Gasteiger partial charge in [-0.25, -0.2) is 13.1 Å². The van der Waals surface area contributed by atoms with E-state index in [-0.39, 0.29) is 6.04 Å². The summed E-state index contributed by atoms with van der Waals surface area (Å²) in [6.45, 7) is 4.63. The third-order valence-electron chi connectivity index (χ3n) is 3.69. The second-order valence-corrected chi connectivity index (χ2v) is 8.59. The molecule has 2 rings (SSSR count). The van der Waals surface area contributed by atoms with E-state index in [0.29, 0.717) is 11.4 Å². The summed E-state index contributed by atoms with van der Waals surface area (Å²) in [5.74, 6) is 0.728. The average Bonchev–Trinajstić information content (AvgIpc) is 3.11. The first-order valence-corrected chi connectivity index (χ1v) is 9.52. The number of hydrogen-bond donors (Lipinski definition) is 2. The van der Waals surface area contributed by atoms with E-state index in [1.54, 1.807) is 17.4 Å². The normalized spacial score (nSPS) is 17.4. The molecule has 1 aromatic heterocycles.